The quantitative estimate of drug-likeness (QED) is 0.861. The minimum Gasteiger partial charge on any atom is -0.383 e. The van der Waals surface area contributed by atoms with Crippen LogP contribution in [0.1, 0.15) is 25.5 Å². The molecule has 1 N–H and O–H groups in total. The van der Waals surface area contributed by atoms with Gasteiger partial charge in [-0.05, 0) is 32.4 Å². The molecule has 1 aliphatic rings. The van der Waals surface area contributed by atoms with Crippen molar-refractivity contribution in [1.29, 1.82) is 0 Å². The Bertz CT molecular complexity index is 374. The lowest BCUT2D eigenvalue weighted by atomic mass is 10.2. The van der Waals surface area contributed by atoms with Crippen molar-refractivity contribution in [2.45, 2.75) is 44.5 Å². The fourth-order valence-corrected chi connectivity index (χ4v) is 3.59. The number of anilines is 1. The molecule has 1 aromatic heterocycles. The summed E-state index contributed by atoms with van der Waals surface area (Å²) in [4.78, 5) is 4.56. The van der Waals surface area contributed by atoms with Crippen molar-refractivity contribution in [2.75, 3.05) is 24.8 Å². The van der Waals surface area contributed by atoms with Crippen molar-refractivity contribution in [2.24, 2.45) is 0 Å². The van der Waals surface area contributed by atoms with Gasteiger partial charge in [0.2, 0.25) is 5.95 Å². The van der Waals surface area contributed by atoms with Crippen LogP contribution in [0.4, 0.5) is 5.95 Å². The number of imidazole rings is 1. The highest BCUT2D eigenvalue weighted by Gasteiger charge is 2.18. The van der Waals surface area contributed by atoms with Crippen LogP contribution in [0.25, 0.3) is 0 Å². The van der Waals surface area contributed by atoms with Crippen molar-refractivity contribution < 1.29 is 4.74 Å². The molecule has 0 bridgehead atoms. The minimum atomic E-state index is 0.284. The maximum Gasteiger partial charge on any atom is 0.203 e. The number of ether oxygens (including phenoxy) is 1. The number of hydrogen-bond acceptors (Lipinski definition) is 4. The molecule has 102 valence electrons. The molecule has 2 rings (SSSR count). The zero-order valence-electron chi connectivity index (χ0n) is 11.5. The van der Waals surface area contributed by atoms with Gasteiger partial charge in [0, 0.05) is 31.1 Å². The van der Waals surface area contributed by atoms with Crippen LogP contribution in [0.15, 0.2) is 6.20 Å². The van der Waals surface area contributed by atoms with E-state index < -0.39 is 0 Å². The molecule has 2 atom stereocenters. The lowest BCUT2D eigenvalue weighted by Crippen LogP contribution is -2.24. The number of methoxy groups -OCH3 is 1. The van der Waals surface area contributed by atoms with E-state index in [-0.39, 0.29) is 6.04 Å². The lowest BCUT2D eigenvalue weighted by molar-refractivity contribution is 0.190. The van der Waals surface area contributed by atoms with Gasteiger partial charge in [0.25, 0.3) is 0 Å². The van der Waals surface area contributed by atoms with Gasteiger partial charge in [-0.2, -0.15) is 11.8 Å². The zero-order valence-corrected chi connectivity index (χ0v) is 12.3. The third-order valence-corrected chi connectivity index (χ3v) is 4.49. The first-order valence-corrected chi connectivity index (χ1v) is 7.64. The Morgan fingerprint density at radius 1 is 1.67 bits per heavy atom. The van der Waals surface area contributed by atoms with E-state index in [0.29, 0.717) is 6.61 Å². The first kappa shape index (κ1) is 13.7. The van der Waals surface area contributed by atoms with Gasteiger partial charge in [-0.1, -0.05) is 0 Å². The van der Waals surface area contributed by atoms with E-state index in [1.165, 1.54) is 18.6 Å². The van der Waals surface area contributed by atoms with E-state index >= 15 is 0 Å². The Kier molecular flexibility index (Phi) is 4.95. The Hall–Kier alpha value is -0.680. The Labute approximate surface area is 114 Å². The van der Waals surface area contributed by atoms with Gasteiger partial charge in [-0.15, -0.1) is 0 Å². The summed E-state index contributed by atoms with van der Waals surface area (Å²) in [5.74, 6) is 2.28. The van der Waals surface area contributed by atoms with Gasteiger partial charge in [0.15, 0.2) is 0 Å². The van der Waals surface area contributed by atoms with Gasteiger partial charge in [0.1, 0.15) is 0 Å². The van der Waals surface area contributed by atoms with Crippen LogP contribution >= 0.6 is 11.8 Å². The van der Waals surface area contributed by atoms with Crippen molar-refractivity contribution in [1.82, 2.24) is 9.55 Å². The molecule has 1 fully saturated rings. The van der Waals surface area contributed by atoms with Gasteiger partial charge in [-0.3, -0.25) is 0 Å². The molecular weight excluding hydrogens is 246 g/mol. The average Bonchev–Trinajstić information content (AvgIpc) is 2.90. The summed E-state index contributed by atoms with van der Waals surface area (Å²) in [6, 6.07) is 0.284. The highest BCUT2D eigenvalue weighted by molar-refractivity contribution is 8.00. The number of aromatic nitrogens is 2. The highest BCUT2D eigenvalue weighted by atomic mass is 32.2. The van der Waals surface area contributed by atoms with E-state index in [0.717, 1.165) is 23.4 Å². The van der Waals surface area contributed by atoms with E-state index in [2.05, 4.69) is 39.8 Å². The number of aryl methyl sites for hydroxylation is 1. The second-order valence-corrected chi connectivity index (χ2v) is 6.40. The number of thioether (sulfide) groups is 1. The second kappa shape index (κ2) is 6.48. The predicted octanol–water partition coefficient (Wildman–Crippen LogP) is 2.53. The van der Waals surface area contributed by atoms with Gasteiger partial charge in [0.05, 0.1) is 12.3 Å². The van der Waals surface area contributed by atoms with E-state index in [1.807, 2.05) is 6.92 Å². The highest BCUT2D eigenvalue weighted by Crippen LogP contribution is 2.28. The summed E-state index contributed by atoms with van der Waals surface area (Å²) in [6.07, 6.45) is 4.82. The first-order valence-electron chi connectivity index (χ1n) is 6.60. The van der Waals surface area contributed by atoms with E-state index in [1.54, 1.807) is 7.11 Å². The van der Waals surface area contributed by atoms with Crippen LogP contribution in [-0.2, 0) is 11.3 Å². The molecule has 1 aromatic rings. The number of hydrogen-bond donors (Lipinski definition) is 1. The molecule has 0 radical (unpaired) electrons. The van der Waals surface area contributed by atoms with Crippen LogP contribution in [-0.4, -0.2) is 40.3 Å². The molecule has 4 nitrogen and oxygen atoms in total. The molecule has 1 saturated heterocycles. The maximum absolute atomic E-state index is 5.15. The van der Waals surface area contributed by atoms with Gasteiger partial charge < -0.3 is 14.6 Å². The SMILES string of the molecule is COCC(C)Nc1nc(C)cn1CC1CCCS1. The lowest BCUT2D eigenvalue weighted by Gasteiger charge is -2.17. The number of nitrogens with zero attached hydrogens (tertiary/aromatic N) is 2. The van der Waals surface area contributed by atoms with Crippen molar-refractivity contribution in [3.05, 3.63) is 11.9 Å². The summed E-state index contributed by atoms with van der Waals surface area (Å²) in [6.45, 7) is 5.92. The summed E-state index contributed by atoms with van der Waals surface area (Å²) in [5.41, 5.74) is 1.07. The van der Waals surface area contributed by atoms with Crippen LogP contribution in [0.2, 0.25) is 0 Å². The topological polar surface area (TPSA) is 39.1 Å². The number of rotatable bonds is 6. The van der Waals surface area contributed by atoms with Crippen molar-refractivity contribution in [3.63, 3.8) is 0 Å². The number of nitrogens with one attached hydrogen (secondary N) is 1. The van der Waals surface area contributed by atoms with Crippen LogP contribution in [0.3, 0.4) is 0 Å². The van der Waals surface area contributed by atoms with Crippen LogP contribution in [0, 0.1) is 6.92 Å². The predicted molar refractivity (Wildman–Crippen MR) is 77.4 cm³/mol. The summed E-state index contributed by atoms with van der Waals surface area (Å²) in [5, 5.41) is 4.17. The molecule has 2 unspecified atom stereocenters. The molecule has 0 aromatic carbocycles. The summed E-state index contributed by atoms with van der Waals surface area (Å²) >= 11 is 2.08. The largest absolute Gasteiger partial charge is 0.383 e. The molecule has 1 aliphatic heterocycles. The smallest absolute Gasteiger partial charge is 0.203 e. The fraction of sp³-hybridized carbons (Fsp3) is 0.769. The zero-order chi connectivity index (χ0) is 13.0. The maximum atomic E-state index is 5.15. The minimum absolute atomic E-state index is 0.284. The molecule has 0 spiro atoms. The summed E-state index contributed by atoms with van der Waals surface area (Å²) < 4.78 is 7.41. The third kappa shape index (κ3) is 3.65. The summed E-state index contributed by atoms with van der Waals surface area (Å²) in [7, 11) is 1.73. The molecule has 5 heteroatoms. The molecule has 18 heavy (non-hydrogen) atoms. The third-order valence-electron chi connectivity index (χ3n) is 3.11. The van der Waals surface area contributed by atoms with Crippen LogP contribution < -0.4 is 5.32 Å². The van der Waals surface area contributed by atoms with E-state index in [4.69, 9.17) is 4.74 Å². The fourth-order valence-electron chi connectivity index (χ4n) is 2.32. The monoisotopic (exact) mass is 269 g/mol. The van der Waals surface area contributed by atoms with E-state index in [9.17, 15) is 0 Å². The van der Waals surface area contributed by atoms with Gasteiger partial charge >= 0.3 is 0 Å². The first-order chi connectivity index (χ1) is 8.69. The Morgan fingerprint density at radius 2 is 2.50 bits per heavy atom. The Balaban J connectivity index is 1.99. The van der Waals surface area contributed by atoms with Gasteiger partial charge in [-0.25, -0.2) is 4.98 Å². The molecule has 2 heterocycles. The van der Waals surface area contributed by atoms with Crippen LogP contribution in [0.5, 0.6) is 0 Å². The molecular formula is C13H23N3OS. The standard InChI is InChI=1S/C13H23N3OS/c1-10-7-16(8-12-5-4-6-18-12)13(14-10)15-11(2)9-17-3/h7,11-12H,4-6,8-9H2,1-3H3,(H,14,15). The van der Waals surface area contributed by atoms with Crippen molar-refractivity contribution >= 4 is 17.7 Å². The normalized spacial score (nSPS) is 21.2. The molecule has 0 amide bonds. The molecule has 0 aliphatic carbocycles. The van der Waals surface area contributed by atoms with Crippen molar-refractivity contribution in [3.8, 4) is 0 Å². The molecule has 0 saturated carbocycles. The second-order valence-electron chi connectivity index (χ2n) is 4.99. The Morgan fingerprint density at radius 3 is 3.17 bits per heavy atom. The average molecular weight is 269 g/mol.